The van der Waals surface area contributed by atoms with Crippen LogP contribution in [0.1, 0.15) is 42.8 Å². The van der Waals surface area contributed by atoms with Crippen LogP contribution in [0.2, 0.25) is 0 Å². The minimum Gasteiger partial charge on any atom is -0.474 e. The van der Waals surface area contributed by atoms with Gasteiger partial charge in [-0.2, -0.15) is 0 Å². The van der Waals surface area contributed by atoms with Gasteiger partial charge in [0.1, 0.15) is 5.75 Å². The van der Waals surface area contributed by atoms with Gasteiger partial charge in [-0.1, -0.05) is 30.3 Å². The number of benzene rings is 2. The third-order valence-electron chi connectivity index (χ3n) is 3.95. The van der Waals surface area contributed by atoms with Crippen LogP contribution in [0, 0.1) is 0 Å². The average molecular weight is 309 g/mol. The maximum atomic E-state index is 12.9. The Kier molecular flexibility index (Phi) is 3.90. The molecular formula is C19H19NO3. The van der Waals surface area contributed by atoms with Gasteiger partial charge in [-0.05, 0) is 39.0 Å². The van der Waals surface area contributed by atoms with Crippen LogP contribution < -0.4 is 9.64 Å². The van der Waals surface area contributed by atoms with Gasteiger partial charge in [-0.3, -0.25) is 9.59 Å². The average Bonchev–Trinajstić information content (AvgIpc) is 2.54. The van der Waals surface area contributed by atoms with E-state index in [1.165, 1.54) is 6.92 Å². The quantitative estimate of drug-likeness (QED) is 0.811. The number of carbonyl (C=O) groups excluding carboxylic acids is 2. The zero-order chi connectivity index (χ0) is 16.6. The lowest BCUT2D eigenvalue weighted by atomic mass is 10.0. The van der Waals surface area contributed by atoms with Crippen LogP contribution in [0.3, 0.4) is 0 Å². The summed E-state index contributed by atoms with van der Waals surface area (Å²) in [7, 11) is 0. The molecule has 0 N–H and O–H groups in total. The van der Waals surface area contributed by atoms with E-state index in [2.05, 4.69) is 0 Å². The first kappa shape index (κ1) is 15.3. The highest BCUT2D eigenvalue weighted by molar-refractivity contribution is 6.03. The predicted molar refractivity (Wildman–Crippen MR) is 88.9 cm³/mol. The lowest BCUT2D eigenvalue weighted by molar-refractivity contribution is -0.127. The molecule has 4 heteroatoms. The van der Waals surface area contributed by atoms with E-state index >= 15 is 0 Å². The number of amides is 1. The summed E-state index contributed by atoms with van der Waals surface area (Å²) in [5.41, 5.74) is 2.05. The summed E-state index contributed by atoms with van der Waals surface area (Å²) in [6.07, 6.45) is -0.658. The molecule has 1 atom stereocenters. The van der Waals surface area contributed by atoms with Crippen molar-refractivity contribution in [2.75, 3.05) is 4.90 Å². The van der Waals surface area contributed by atoms with Gasteiger partial charge in [0.15, 0.2) is 5.78 Å². The minimum absolute atomic E-state index is 0.0291. The summed E-state index contributed by atoms with van der Waals surface area (Å²) >= 11 is 0. The third kappa shape index (κ3) is 2.72. The number of Topliss-reactive ketones (excluding diaryl/α,β-unsaturated/α-hetero) is 1. The van der Waals surface area contributed by atoms with Crippen LogP contribution in [0.4, 0.5) is 5.69 Å². The van der Waals surface area contributed by atoms with Crippen molar-refractivity contribution in [3.05, 3.63) is 59.7 Å². The molecule has 1 aliphatic rings. The SMILES string of the molecule is CC(=O)c1ccc2c(c1)N(C(C)C)C(=O)C(c1ccccc1)O2. The van der Waals surface area contributed by atoms with E-state index < -0.39 is 6.10 Å². The summed E-state index contributed by atoms with van der Waals surface area (Å²) < 4.78 is 5.94. The lowest BCUT2D eigenvalue weighted by Crippen LogP contribution is -2.45. The molecule has 118 valence electrons. The van der Waals surface area contributed by atoms with Crippen molar-refractivity contribution >= 4 is 17.4 Å². The molecule has 2 aromatic rings. The molecule has 0 saturated carbocycles. The standard InChI is InChI=1S/C19H19NO3/c1-12(2)20-16-11-15(13(3)21)9-10-17(16)23-18(19(20)22)14-7-5-4-6-8-14/h4-12,18H,1-3H3. The topological polar surface area (TPSA) is 46.6 Å². The minimum atomic E-state index is -0.658. The van der Waals surface area contributed by atoms with Crippen molar-refractivity contribution in [2.45, 2.75) is 32.9 Å². The molecule has 1 amide bonds. The summed E-state index contributed by atoms with van der Waals surface area (Å²) in [5, 5.41) is 0. The summed E-state index contributed by atoms with van der Waals surface area (Å²) in [4.78, 5) is 26.3. The molecule has 0 saturated heterocycles. The Labute approximate surface area is 135 Å². The van der Waals surface area contributed by atoms with E-state index in [-0.39, 0.29) is 17.7 Å². The van der Waals surface area contributed by atoms with Crippen molar-refractivity contribution in [1.29, 1.82) is 0 Å². The molecule has 0 bridgehead atoms. The summed E-state index contributed by atoms with van der Waals surface area (Å²) in [6.45, 7) is 5.42. The number of anilines is 1. The smallest absolute Gasteiger partial charge is 0.273 e. The fraction of sp³-hybridized carbons (Fsp3) is 0.263. The molecule has 1 heterocycles. The van der Waals surface area contributed by atoms with Crippen molar-refractivity contribution in [3.63, 3.8) is 0 Å². The highest BCUT2D eigenvalue weighted by Gasteiger charge is 2.37. The first-order valence-electron chi connectivity index (χ1n) is 7.68. The molecular weight excluding hydrogens is 290 g/mol. The first-order valence-corrected chi connectivity index (χ1v) is 7.68. The van der Waals surface area contributed by atoms with Crippen LogP contribution >= 0.6 is 0 Å². The lowest BCUT2D eigenvalue weighted by Gasteiger charge is -2.37. The Morgan fingerprint density at radius 1 is 1.13 bits per heavy atom. The third-order valence-corrected chi connectivity index (χ3v) is 3.95. The molecule has 23 heavy (non-hydrogen) atoms. The Morgan fingerprint density at radius 3 is 2.43 bits per heavy atom. The van der Waals surface area contributed by atoms with Crippen LogP contribution in [-0.2, 0) is 4.79 Å². The fourth-order valence-corrected chi connectivity index (χ4v) is 2.82. The molecule has 3 rings (SSSR count). The van der Waals surface area contributed by atoms with Crippen molar-refractivity contribution in [2.24, 2.45) is 0 Å². The molecule has 0 spiro atoms. The van der Waals surface area contributed by atoms with Gasteiger partial charge in [-0.15, -0.1) is 0 Å². The number of carbonyl (C=O) groups is 2. The van der Waals surface area contributed by atoms with Crippen molar-refractivity contribution in [3.8, 4) is 5.75 Å². The van der Waals surface area contributed by atoms with Crippen LogP contribution in [-0.4, -0.2) is 17.7 Å². The molecule has 0 aromatic heterocycles. The van der Waals surface area contributed by atoms with Crippen molar-refractivity contribution in [1.82, 2.24) is 0 Å². The second-order valence-corrected chi connectivity index (χ2v) is 5.95. The predicted octanol–water partition coefficient (Wildman–Crippen LogP) is 3.76. The number of ketones is 1. The maximum absolute atomic E-state index is 12.9. The first-order chi connectivity index (χ1) is 11.0. The Bertz CT molecular complexity index is 752. The van der Waals surface area contributed by atoms with Gasteiger partial charge >= 0.3 is 0 Å². The second kappa shape index (κ2) is 5.88. The van der Waals surface area contributed by atoms with Crippen LogP contribution in [0.25, 0.3) is 0 Å². The van der Waals surface area contributed by atoms with Crippen molar-refractivity contribution < 1.29 is 14.3 Å². The normalized spacial score (nSPS) is 17.0. The van der Waals surface area contributed by atoms with E-state index in [0.29, 0.717) is 17.0 Å². The van der Waals surface area contributed by atoms with Gasteiger partial charge < -0.3 is 9.64 Å². The van der Waals surface area contributed by atoms with E-state index in [4.69, 9.17) is 4.74 Å². The zero-order valence-corrected chi connectivity index (χ0v) is 13.4. The van der Waals surface area contributed by atoms with E-state index in [0.717, 1.165) is 5.56 Å². The Hall–Kier alpha value is -2.62. The monoisotopic (exact) mass is 309 g/mol. The largest absolute Gasteiger partial charge is 0.474 e. The van der Waals surface area contributed by atoms with E-state index in [9.17, 15) is 9.59 Å². The number of ether oxygens (including phenoxy) is 1. The maximum Gasteiger partial charge on any atom is 0.273 e. The molecule has 0 aliphatic carbocycles. The molecule has 1 unspecified atom stereocenters. The number of hydrogen-bond acceptors (Lipinski definition) is 3. The Balaban J connectivity index is 2.10. The molecule has 2 aromatic carbocycles. The summed E-state index contributed by atoms with van der Waals surface area (Å²) in [6, 6.07) is 14.7. The van der Waals surface area contributed by atoms with Gasteiger partial charge in [0.05, 0.1) is 5.69 Å². The Morgan fingerprint density at radius 2 is 1.83 bits per heavy atom. The summed E-state index contributed by atoms with van der Waals surface area (Å²) in [5.74, 6) is 0.477. The van der Waals surface area contributed by atoms with Gasteiger partial charge in [0.25, 0.3) is 5.91 Å². The second-order valence-electron chi connectivity index (χ2n) is 5.95. The zero-order valence-electron chi connectivity index (χ0n) is 13.4. The number of hydrogen-bond donors (Lipinski definition) is 0. The van der Waals surface area contributed by atoms with E-state index in [1.54, 1.807) is 23.1 Å². The number of rotatable bonds is 3. The fourth-order valence-electron chi connectivity index (χ4n) is 2.82. The van der Waals surface area contributed by atoms with Gasteiger partial charge in [-0.25, -0.2) is 0 Å². The van der Waals surface area contributed by atoms with Crippen LogP contribution in [0.5, 0.6) is 5.75 Å². The molecule has 4 nitrogen and oxygen atoms in total. The van der Waals surface area contributed by atoms with Crippen LogP contribution in [0.15, 0.2) is 48.5 Å². The van der Waals surface area contributed by atoms with Gasteiger partial charge in [0.2, 0.25) is 6.10 Å². The van der Waals surface area contributed by atoms with Gasteiger partial charge in [0, 0.05) is 17.2 Å². The molecule has 1 aliphatic heterocycles. The van der Waals surface area contributed by atoms with E-state index in [1.807, 2.05) is 44.2 Å². The number of fused-ring (bicyclic) bond motifs is 1. The highest BCUT2D eigenvalue weighted by atomic mass is 16.5. The highest BCUT2D eigenvalue weighted by Crippen LogP contribution is 2.40. The number of nitrogens with zero attached hydrogens (tertiary/aromatic N) is 1. The molecule has 0 fully saturated rings. The molecule has 0 radical (unpaired) electrons.